The molecule has 0 spiro atoms. The smallest absolute Gasteiger partial charge is 0.339 e. The molecule has 1 aromatic carbocycles. The van der Waals surface area contributed by atoms with Gasteiger partial charge in [-0.2, -0.15) is 0 Å². The Morgan fingerprint density at radius 2 is 2.19 bits per heavy atom. The first-order valence-electron chi connectivity index (χ1n) is 7.15. The van der Waals surface area contributed by atoms with Gasteiger partial charge in [-0.25, -0.2) is 4.79 Å². The highest BCUT2D eigenvalue weighted by atomic mass is 16.4. The number of furan rings is 1. The van der Waals surface area contributed by atoms with E-state index < -0.39 is 11.6 Å². The van der Waals surface area contributed by atoms with Crippen LogP contribution in [0.5, 0.6) is 0 Å². The Morgan fingerprint density at radius 1 is 1.43 bits per heavy atom. The minimum atomic E-state index is -0.973. The van der Waals surface area contributed by atoms with Crippen molar-refractivity contribution in [2.75, 3.05) is 13.1 Å². The molecule has 3 rings (SSSR count). The Hall–Kier alpha value is -1.85. The number of carboxylic acids is 1. The van der Waals surface area contributed by atoms with Crippen molar-refractivity contribution in [3.63, 3.8) is 0 Å². The maximum Gasteiger partial charge on any atom is 0.339 e. The van der Waals surface area contributed by atoms with E-state index in [0.29, 0.717) is 29.8 Å². The van der Waals surface area contributed by atoms with Crippen LogP contribution >= 0.6 is 0 Å². The van der Waals surface area contributed by atoms with Gasteiger partial charge >= 0.3 is 5.97 Å². The number of nitrogens with zero attached hydrogens (tertiary/aromatic N) is 1. The highest BCUT2D eigenvalue weighted by Crippen LogP contribution is 2.29. The Balaban J connectivity index is 1.93. The van der Waals surface area contributed by atoms with Gasteiger partial charge in [-0.1, -0.05) is 18.2 Å². The van der Waals surface area contributed by atoms with Crippen molar-refractivity contribution in [3.05, 3.63) is 35.6 Å². The minimum absolute atomic E-state index is 0.232. The van der Waals surface area contributed by atoms with Gasteiger partial charge in [-0.05, 0) is 32.4 Å². The lowest BCUT2D eigenvalue weighted by Crippen LogP contribution is -2.45. The Morgan fingerprint density at radius 3 is 2.90 bits per heavy atom. The van der Waals surface area contributed by atoms with Gasteiger partial charge in [0, 0.05) is 11.9 Å². The molecule has 1 atom stereocenters. The number of carbonyl (C=O) groups is 1. The van der Waals surface area contributed by atoms with E-state index in [1.54, 1.807) is 18.2 Å². The molecule has 2 N–H and O–H groups in total. The summed E-state index contributed by atoms with van der Waals surface area (Å²) in [5.41, 5.74) is 0.109. The lowest BCUT2D eigenvalue weighted by Gasteiger charge is -2.36. The maximum atomic E-state index is 11.5. The standard InChI is InChI=1S/C16H19NO4/c1-16(20)7-4-8-17(10-16)9-13-14(15(18)19)11-5-2-3-6-12(11)21-13/h2-3,5-6,20H,4,7-10H2,1H3,(H,18,19). The Labute approximate surface area is 122 Å². The number of piperidine rings is 1. The molecule has 5 nitrogen and oxygen atoms in total. The van der Waals surface area contributed by atoms with Crippen LogP contribution in [0.15, 0.2) is 28.7 Å². The second-order valence-electron chi connectivity index (χ2n) is 6.01. The van der Waals surface area contributed by atoms with Crippen molar-refractivity contribution in [2.24, 2.45) is 0 Å². The van der Waals surface area contributed by atoms with Gasteiger partial charge in [-0.3, -0.25) is 4.90 Å². The number of hydrogen-bond donors (Lipinski definition) is 2. The molecular weight excluding hydrogens is 270 g/mol. The Bertz CT molecular complexity index is 674. The van der Waals surface area contributed by atoms with Gasteiger partial charge in [0.2, 0.25) is 0 Å². The number of likely N-dealkylation sites (tertiary alicyclic amines) is 1. The number of β-amino-alcohol motifs (C(OH)–C–C–N with tert-alkyl or cyclic N) is 1. The summed E-state index contributed by atoms with van der Waals surface area (Å²) in [7, 11) is 0. The molecule has 2 heterocycles. The van der Waals surface area contributed by atoms with E-state index in [0.717, 1.165) is 19.4 Å². The number of benzene rings is 1. The molecule has 1 saturated heterocycles. The maximum absolute atomic E-state index is 11.5. The highest BCUT2D eigenvalue weighted by molar-refractivity contribution is 6.03. The fourth-order valence-electron chi connectivity index (χ4n) is 3.10. The first-order chi connectivity index (χ1) is 9.96. The van der Waals surface area contributed by atoms with Gasteiger partial charge in [0.15, 0.2) is 0 Å². The molecule has 1 aliphatic heterocycles. The first kappa shape index (κ1) is 14.1. The molecule has 1 aliphatic rings. The predicted octanol–water partition coefficient (Wildman–Crippen LogP) is 2.48. The molecule has 2 aromatic rings. The third kappa shape index (κ3) is 2.80. The highest BCUT2D eigenvalue weighted by Gasteiger charge is 2.30. The van der Waals surface area contributed by atoms with Gasteiger partial charge < -0.3 is 14.6 Å². The lowest BCUT2D eigenvalue weighted by atomic mass is 9.95. The summed E-state index contributed by atoms with van der Waals surface area (Å²) in [4.78, 5) is 13.6. The molecule has 0 saturated carbocycles. The summed E-state index contributed by atoms with van der Waals surface area (Å²) in [6.07, 6.45) is 1.67. The summed E-state index contributed by atoms with van der Waals surface area (Å²) in [5, 5.41) is 20.2. The second-order valence-corrected chi connectivity index (χ2v) is 6.01. The fourth-order valence-corrected chi connectivity index (χ4v) is 3.10. The summed E-state index contributed by atoms with van der Waals surface area (Å²) in [6, 6.07) is 7.17. The summed E-state index contributed by atoms with van der Waals surface area (Å²) < 4.78 is 5.73. The average Bonchev–Trinajstić information content (AvgIpc) is 2.75. The molecule has 1 fully saturated rings. The number of aromatic carboxylic acids is 1. The summed E-state index contributed by atoms with van der Waals surface area (Å²) in [6.45, 7) is 3.59. The van der Waals surface area contributed by atoms with Gasteiger partial charge in [0.25, 0.3) is 0 Å². The molecule has 1 unspecified atom stereocenters. The van der Waals surface area contributed by atoms with Crippen LogP contribution in [-0.2, 0) is 6.54 Å². The number of hydrogen-bond acceptors (Lipinski definition) is 4. The zero-order chi connectivity index (χ0) is 15.0. The van der Waals surface area contributed by atoms with Crippen LogP contribution in [-0.4, -0.2) is 39.8 Å². The first-order valence-corrected chi connectivity index (χ1v) is 7.15. The lowest BCUT2D eigenvalue weighted by molar-refractivity contribution is -0.0198. The van der Waals surface area contributed by atoms with E-state index in [1.807, 2.05) is 17.9 Å². The minimum Gasteiger partial charge on any atom is -0.478 e. The van der Waals surface area contributed by atoms with Gasteiger partial charge in [0.1, 0.15) is 16.9 Å². The molecule has 0 aliphatic carbocycles. The van der Waals surface area contributed by atoms with Crippen molar-refractivity contribution >= 4 is 16.9 Å². The largest absolute Gasteiger partial charge is 0.478 e. The quantitative estimate of drug-likeness (QED) is 0.908. The third-order valence-corrected chi connectivity index (χ3v) is 4.00. The van der Waals surface area contributed by atoms with E-state index in [2.05, 4.69) is 0 Å². The monoisotopic (exact) mass is 289 g/mol. The fraction of sp³-hybridized carbons (Fsp3) is 0.438. The van der Waals surface area contributed by atoms with Gasteiger partial charge in [-0.15, -0.1) is 0 Å². The van der Waals surface area contributed by atoms with Crippen LogP contribution in [0.3, 0.4) is 0 Å². The SMILES string of the molecule is CC1(O)CCCN(Cc2oc3ccccc3c2C(=O)O)C1. The molecule has 0 radical (unpaired) electrons. The molecular formula is C16H19NO4. The zero-order valence-electron chi connectivity index (χ0n) is 12.0. The average molecular weight is 289 g/mol. The number of fused-ring (bicyclic) bond motifs is 1. The zero-order valence-corrected chi connectivity index (χ0v) is 12.0. The third-order valence-electron chi connectivity index (χ3n) is 4.00. The normalized spacial score (nSPS) is 23.5. The molecule has 0 amide bonds. The molecule has 112 valence electrons. The second kappa shape index (κ2) is 5.16. The van der Waals surface area contributed by atoms with Crippen molar-refractivity contribution in [1.82, 2.24) is 4.90 Å². The van der Waals surface area contributed by atoms with Crippen molar-refractivity contribution < 1.29 is 19.4 Å². The summed E-state index contributed by atoms with van der Waals surface area (Å²) in [5.74, 6) is -0.514. The van der Waals surface area contributed by atoms with Crippen LogP contribution in [0.2, 0.25) is 0 Å². The van der Waals surface area contributed by atoms with Crippen LogP contribution < -0.4 is 0 Å². The van der Waals surface area contributed by atoms with E-state index >= 15 is 0 Å². The van der Waals surface area contributed by atoms with Crippen LogP contribution in [0.1, 0.15) is 35.9 Å². The number of para-hydroxylation sites is 1. The Kier molecular flexibility index (Phi) is 3.47. The van der Waals surface area contributed by atoms with E-state index in [4.69, 9.17) is 4.42 Å². The molecule has 0 bridgehead atoms. The van der Waals surface area contributed by atoms with Crippen molar-refractivity contribution in [3.8, 4) is 0 Å². The van der Waals surface area contributed by atoms with Gasteiger partial charge in [0.05, 0.1) is 12.1 Å². The summed E-state index contributed by atoms with van der Waals surface area (Å²) >= 11 is 0. The predicted molar refractivity (Wildman–Crippen MR) is 78.3 cm³/mol. The van der Waals surface area contributed by atoms with E-state index in [9.17, 15) is 15.0 Å². The molecule has 1 aromatic heterocycles. The van der Waals surface area contributed by atoms with Crippen LogP contribution in [0.25, 0.3) is 11.0 Å². The van der Waals surface area contributed by atoms with E-state index in [-0.39, 0.29) is 5.56 Å². The molecule has 5 heteroatoms. The van der Waals surface area contributed by atoms with Crippen molar-refractivity contribution in [2.45, 2.75) is 31.9 Å². The number of aliphatic hydroxyl groups is 1. The van der Waals surface area contributed by atoms with E-state index in [1.165, 1.54) is 0 Å². The van der Waals surface area contributed by atoms with Crippen LogP contribution in [0, 0.1) is 0 Å². The topological polar surface area (TPSA) is 73.9 Å². The van der Waals surface area contributed by atoms with Crippen LogP contribution in [0.4, 0.5) is 0 Å². The number of carboxylic acid groups (broad SMARTS) is 1. The van der Waals surface area contributed by atoms with Crippen molar-refractivity contribution in [1.29, 1.82) is 0 Å². The molecule has 21 heavy (non-hydrogen) atoms. The number of rotatable bonds is 3.